The number of ether oxygens (including phenoxy) is 1. The lowest BCUT2D eigenvalue weighted by atomic mass is 9.94. The Balaban J connectivity index is 2.17. The molecular formula is C18H29NO. The quantitative estimate of drug-likeness (QED) is 0.888. The van der Waals surface area contributed by atoms with Gasteiger partial charge in [-0.1, -0.05) is 25.3 Å². The van der Waals surface area contributed by atoms with E-state index < -0.39 is 0 Å². The fraction of sp³-hybridized carbons (Fsp3) is 0.667. The molecule has 0 saturated heterocycles. The highest BCUT2D eigenvalue weighted by Crippen LogP contribution is 2.28. The number of hydrogen-bond donors (Lipinski definition) is 1. The molecule has 2 heteroatoms. The third-order valence-corrected chi connectivity index (χ3v) is 4.62. The van der Waals surface area contributed by atoms with Gasteiger partial charge < -0.3 is 10.1 Å². The highest BCUT2D eigenvalue weighted by Gasteiger charge is 2.23. The first-order valence-corrected chi connectivity index (χ1v) is 8.03. The van der Waals surface area contributed by atoms with E-state index in [0.717, 1.165) is 12.2 Å². The van der Waals surface area contributed by atoms with Crippen LogP contribution < -0.4 is 10.1 Å². The summed E-state index contributed by atoms with van der Waals surface area (Å²) < 4.78 is 6.42. The van der Waals surface area contributed by atoms with Crippen LogP contribution in [0.3, 0.4) is 0 Å². The lowest BCUT2D eigenvalue weighted by Gasteiger charge is -2.30. The molecule has 0 radical (unpaired) electrons. The minimum absolute atomic E-state index is 0.306. The summed E-state index contributed by atoms with van der Waals surface area (Å²) >= 11 is 0. The van der Waals surface area contributed by atoms with E-state index in [2.05, 4.69) is 45.3 Å². The number of nitrogens with one attached hydrogen (secondary N) is 1. The number of aryl methyl sites for hydroxylation is 2. The van der Waals surface area contributed by atoms with Crippen LogP contribution >= 0.6 is 0 Å². The average molecular weight is 275 g/mol. The Morgan fingerprint density at radius 2 is 1.70 bits per heavy atom. The molecule has 112 valence electrons. The largest absolute Gasteiger partial charge is 0.489 e. The van der Waals surface area contributed by atoms with Gasteiger partial charge in [-0.15, -0.1) is 0 Å². The van der Waals surface area contributed by atoms with E-state index in [9.17, 15) is 0 Å². The molecule has 0 bridgehead atoms. The van der Waals surface area contributed by atoms with Crippen LogP contribution in [0.25, 0.3) is 0 Å². The third-order valence-electron chi connectivity index (χ3n) is 4.62. The molecule has 0 spiro atoms. The smallest absolute Gasteiger partial charge is 0.123 e. The van der Waals surface area contributed by atoms with Crippen molar-refractivity contribution < 1.29 is 4.74 Å². The first kappa shape index (κ1) is 15.4. The zero-order valence-electron chi connectivity index (χ0n) is 13.5. The minimum Gasteiger partial charge on any atom is -0.489 e. The lowest BCUT2D eigenvalue weighted by molar-refractivity contribution is 0.130. The SMILES string of the molecule is CNC1CCCCCCC1Oc1cc(C)cc(C)c1C. The molecule has 0 aliphatic heterocycles. The molecule has 1 N–H and O–H groups in total. The topological polar surface area (TPSA) is 21.3 Å². The third kappa shape index (κ3) is 3.76. The van der Waals surface area contributed by atoms with Crippen molar-refractivity contribution in [3.05, 3.63) is 28.8 Å². The molecule has 1 saturated carbocycles. The van der Waals surface area contributed by atoms with Gasteiger partial charge in [-0.05, 0) is 69.8 Å². The number of likely N-dealkylation sites (N-methyl/N-ethyl adjacent to an activating group) is 1. The van der Waals surface area contributed by atoms with Crippen LogP contribution in [0.1, 0.15) is 55.2 Å². The van der Waals surface area contributed by atoms with Crippen molar-refractivity contribution in [3.8, 4) is 5.75 Å². The summed E-state index contributed by atoms with van der Waals surface area (Å²) in [6.45, 7) is 6.48. The van der Waals surface area contributed by atoms with E-state index in [-0.39, 0.29) is 0 Å². The lowest BCUT2D eigenvalue weighted by Crippen LogP contribution is -2.42. The standard InChI is InChI=1S/C18H29NO/c1-13-11-14(2)15(3)18(12-13)20-17-10-8-6-5-7-9-16(17)19-4/h11-12,16-17,19H,5-10H2,1-4H3. The highest BCUT2D eigenvalue weighted by molar-refractivity contribution is 5.42. The van der Waals surface area contributed by atoms with Crippen molar-refractivity contribution in [2.24, 2.45) is 0 Å². The summed E-state index contributed by atoms with van der Waals surface area (Å²) in [5.41, 5.74) is 3.90. The summed E-state index contributed by atoms with van der Waals surface area (Å²) in [6.07, 6.45) is 8.02. The molecule has 0 aromatic heterocycles. The van der Waals surface area contributed by atoms with Crippen LogP contribution in [0, 0.1) is 20.8 Å². The number of benzene rings is 1. The summed E-state index contributed by atoms with van der Waals surface area (Å²) in [5, 5.41) is 3.47. The second-order valence-electron chi connectivity index (χ2n) is 6.25. The van der Waals surface area contributed by atoms with Crippen molar-refractivity contribution in [3.63, 3.8) is 0 Å². The molecule has 0 heterocycles. The van der Waals surface area contributed by atoms with Gasteiger partial charge in [0.15, 0.2) is 0 Å². The van der Waals surface area contributed by atoms with Gasteiger partial charge in [0.05, 0.1) is 0 Å². The van der Waals surface area contributed by atoms with Crippen molar-refractivity contribution in [1.29, 1.82) is 0 Å². The normalized spacial score (nSPS) is 24.0. The predicted octanol–water partition coefficient (Wildman–Crippen LogP) is 4.30. The highest BCUT2D eigenvalue weighted by atomic mass is 16.5. The molecule has 2 rings (SSSR count). The molecule has 2 nitrogen and oxygen atoms in total. The van der Waals surface area contributed by atoms with E-state index in [1.165, 1.54) is 48.8 Å². The predicted molar refractivity (Wildman–Crippen MR) is 85.6 cm³/mol. The van der Waals surface area contributed by atoms with Gasteiger partial charge in [-0.2, -0.15) is 0 Å². The molecule has 2 unspecified atom stereocenters. The second-order valence-corrected chi connectivity index (χ2v) is 6.25. The van der Waals surface area contributed by atoms with Crippen LogP contribution in [-0.2, 0) is 0 Å². The minimum atomic E-state index is 0.306. The Kier molecular flexibility index (Phi) is 5.47. The molecular weight excluding hydrogens is 246 g/mol. The molecule has 20 heavy (non-hydrogen) atoms. The zero-order valence-corrected chi connectivity index (χ0v) is 13.5. The Morgan fingerprint density at radius 1 is 1.00 bits per heavy atom. The first-order valence-electron chi connectivity index (χ1n) is 8.03. The Labute approximate surface area is 123 Å². The number of rotatable bonds is 3. The van der Waals surface area contributed by atoms with Crippen LogP contribution in [0.2, 0.25) is 0 Å². The summed E-state index contributed by atoms with van der Waals surface area (Å²) in [4.78, 5) is 0. The maximum absolute atomic E-state index is 6.42. The van der Waals surface area contributed by atoms with Gasteiger partial charge in [-0.3, -0.25) is 0 Å². The Morgan fingerprint density at radius 3 is 2.40 bits per heavy atom. The molecule has 0 amide bonds. The summed E-state index contributed by atoms with van der Waals surface area (Å²) in [5.74, 6) is 1.08. The molecule has 1 aromatic rings. The number of hydrogen-bond acceptors (Lipinski definition) is 2. The van der Waals surface area contributed by atoms with Crippen molar-refractivity contribution >= 4 is 0 Å². The average Bonchev–Trinajstić information content (AvgIpc) is 2.38. The fourth-order valence-corrected chi connectivity index (χ4v) is 3.21. The second kappa shape index (κ2) is 7.12. The van der Waals surface area contributed by atoms with Crippen LogP contribution in [0.4, 0.5) is 0 Å². The van der Waals surface area contributed by atoms with Crippen LogP contribution in [0.15, 0.2) is 12.1 Å². The molecule has 1 aromatic carbocycles. The van der Waals surface area contributed by atoms with Crippen LogP contribution in [-0.4, -0.2) is 19.2 Å². The van der Waals surface area contributed by atoms with Gasteiger partial charge in [-0.25, -0.2) is 0 Å². The maximum atomic E-state index is 6.42. The van der Waals surface area contributed by atoms with Gasteiger partial charge in [0.25, 0.3) is 0 Å². The van der Waals surface area contributed by atoms with Crippen molar-refractivity contribution in [1.82, 2.24) is 5.32 Å². The summed E-state index contributed by atoms with van der Waals surface area (Å²) in [6, 6.07) is 4.90. The van der Waals surface area contributed by atoms with Crippen molar-refractivity contribution in [2.45, 2.75) is 71.4 Å². The van der Waals surface area contributed by atoms with E-state index in [1.54, 1.807) is 0 Å². The van der Waals surface area contributed by atoms with E-state index in [0.29, 0.717) is 12.1 Å². The molecule has 2 atom stereocenters. The molecule has 1 fully saturated rings. The Hall–Kier alpha value is -1.02. The van der Waals surface area contributed by atoms with E-state index >= 15 is 0 Å². The van der Waals surface area contributed by atoms with Crippen LogP contribution in [0.5, 0.6) is 5.75 Å². The van der Waals surface area contributed by atoms with Gasteiger partial charge in [0.1, 0.15) is 11.9 Å². The van der Waals surface area contributed by atoms with Gasteiger partial charge in [0.2, 0.25) is 0 Å². The van der Waals surface area contributed by atoms with E-state index in [1.807, 2.05) is 0 Å². The molecule has 1 aliphatic carbocycles. The monoisotopic (exact) mass is 275 g/mol. The van der Waals surface area contributed by atoms with E-state index in [4.69, 9.17) is 4.74 Å². The Bertz CT molecular complexity index is 441. The van der Waals surface area contributed by atoms with Crippen molar-refractivity contribution in [2.75, 3.05) is 7.05 Å². The molecule has 1 aliphatic rings. The fourth-order valence-electron chi connectivity index (χ4n) is 3.21. The zero-order chi connectivity index (χ0) is 14.5. The maximum Gasteiger partial charge on any atom is 0.123 e. The van der Waals surface area contributed by atoms with Gasteiger partial charge >= 0.3 is 0 Å². The first-order chi connectivity index (χ1) is 9.61. The summed E-state index contributed by atoms with van der Waals surface area (Å²) in [7, 11) is 2.07. The van der Waals surface area contributed by atoms with Gasteiger partial charge in [0, 0.05) is 6.04 Å².